The van der Waals surface area contributed by atoms with E-state index in [4.69, 9.17) is 11.6 Å². The molecule has 0 fully saturated rings. The molecule has 2 rings (SSSR count). The third-order valence-electron chi connectivity index (χ3n) is 2.98. The maximum atomic E-state index is 13.5. The van der Waals surface area contributed by atoms with Gasteiger partial charge in [-0.1, -0.05) is 22.6 Å². The number of nitrogens with one attached hydrogen (secondary N) is 2. The second-order valence-electron chi connectivity index (χ2n) is 5.58. The van der Waals surface area contributed by atoms with Gasteiger partial charge in [0.25, 0.3) is 5.91 Å². The van der Waals surface area contributed by atoms with Crippen LogP contribution >= 0.6 is 11.6 Å². The fourth-order valence-electron chi connectivity index (χ4n) is 1.90. The highest BCUT2D eigenvalue weighted by molar-refractivity contribution is 6.32. The van der Waals surface area contributed by atoms with Gasteiger partial charge >= 0.3 is 18.5 Å². The average Bonchev–Trinajstić information content (AvgIpc) is 2.62. The van der Waals surface area contributed by atoms with Crippen molar-refractivity contribution >= 4 is 29.2 Å². The van der Waals surface area contributed by atoms with Crippen LogP contribution in [-0.2, 0) is 4.94 Å². The molecule has 2 aromatic rings. The second-order valence-corrected chi connectivity index (χ2v) is 5.99. The van der Waals surface area contributed by atoms with Crippen molar-refractivity contribution in [1.82, 2.24) is 5.32 Å². The van der Waals surface area contributed by atoms with Crippen molar-refractivity contribution in [3.05, 3.63) is 58.6 Å². The molecule has 0 unspecified atom stereocenters. The molecule has 0 saturated heterocycles. The molecule has 0 heterocycles. The van der Waals surface area contributed by atoms with E-state index >= 15 is 0 Å². The summed E-state index contributed by atoms with van der Waals surface area (Å²) in [4.78, 5) is 25.0. The van der Waals surface area contributed by atoms with Gasteiger partial charge in [-0.15, -0.1) is 13.2 Å². The Labute approximate surface area is 178 Å². The van der Waals surface area contributed by atoms with E-state index in [0.29, 0.717) is 6.92 Å². The minimum Gasteiger partial charge on any atom is -0.431 e. The number of alkyl halides is 5. The van der Waals surface area contributed by atoms with Crippen LogP contribution in [0.5, 0.6) is 5.75 Å². The summed E-state index contributed by atoms with van der Waals surface area (Å²) in [5, 5.41) is 3.68. The molecule has 0 atom stereocenters. The van der Waals surface area contributed by atoms with Crippen LogP contribution in [0.25, 0.3) is 0 Å². The highest BCUT2D eigenvalue weighted by Gasteiger charge is 2.30. The fraction of sp³-hybridized carbons (Fsp3) is 0.176. The maximum Gasteiger partial charge on any atom is 0.553 e. The van der Waals surface area contributed by atoms with Gasteiger partial charge in [0, 0.05) is 12.6 Å². The number of rotatable bonds is 4. The van der Waals surface area contributed by atoms with E-state index in [9.17, 15) is 44.8 Å². The van der Waals surface area contributed by atoms with E-state index in [2.05, 4.69) is 10.1 Å². The Morgan fingerprint density at radius 3 is 1.97 bits per heavy atom. The van der Waals surface area contributed by atoms with Gasteiger partial charge in [-0.2, -0.15) is 8.78 Å². The van der Waals surface area contributed by atoms with Crippen LogP contribution in [0.1, 0.15) is 17.3 Å². The Hall–Kier alpha value is -3.13. The van der Waals surface area contributed by atoms with Crippen molar-refractivity contribution in [2.45, 2.75) is 19.4 Å². The molecule has 176 valence electrons. The zero-order chi connectivity index (χ0) is 24.7. The summed E-state index contributed by atoms with van der Waals surface area (Å²) in [5.41, 5.74) is -0.893. The Balaban J connectivity index is 0.000000751. The first kappa shape index (κ1) is 26.9. The van der Waals surface area contributed by atoms with Gasteiger partial charge in [0.1, 0.15) is 22.9 Å². The number of hydrogen-bond donors (Lipinski definition) is 2. The van der Waals surface area contributed by atoms with Crippen molar-refractivity contribution in [2.75, 3.05) is 5.32 Å². The minimum absolute atomic E-state index is 0.0288. The number of carbonyl (C=O) groups is 2. The molecule has 0 saturated carbocycles. The summed E-state index contributed by atoms with van der Waals surface area (Å²) in [7, 11) is 0. The molecule has 0 radical (unpaired) electrons. The number of urea groups is 1. The largest absolute Gasteiger partial charge is 0.553 e. The first-order valence-electron chi connectivity index (χ1n) is 7.92. The Kier molecular flexibility index (Phi) is 9.21. The molecule has 0 aliphatic heterocycles. The number of anilines is 1. The highest BCUT2D eigenvalue weighted by Crippen LogP contribution is 2.31. The van der Waals surface area contributed by atoms with E-state index in [-0.39, 0.29) is 16.5 Å². The lowest BCUT2D eigenvalue weighted by Crippen LogP contribution is -2.35. The molecule has 0 aliphatic rings. The van der Waals surface area contributed by atoms with Crippen LogP contribution in [0.4, 0.5) is 45.7 Å². The Morgan fingerprint density at radius 2 is 1.53 bits per heavy atom. The van der Waals surface area contributed by atoms with Crippen LogP contribution in [-0.4, -0.2) is 24.4 Å². The monoisotopic (exact) mass is 494 g/mol. The number of amides is 3. The van der Waals surface area contributed by atoms with E-state index < -0.39 is 41.6 Å². The summed E-state index contributed by atoms with van der Waals surface area (Å²) in [6.45, 7) is 0.524. The van der Waals surface area contributed by atoms with E-state index in [1.807, 2.05) is 0 Å². The van der Waals surface area contributed by atoms with E-state index in [0.717, 1.165) is 30.3 Å². The summed E-state index contributed by atoms with van der Waals surface area (Å²) in [6, 6.07) is 5.02. The lowest BCUT2D eigenvalue weighted by molar-refractivity contribution is -0.416. The SMILES string of the molecule is CC(F)(F)Oc1ccc(NC(=O)NC(=O)c2c(F)cccc2F)cc1Cl.FOC(F)(F)F. The molecule has 15 heteroatoms. The number of benzene rings is 2. The summed E-state index contributed by atoms with van der Waals surface area (Å²) >= 11 is 5.77. The fourth-order valence-corrected chi connectivity index (χ4v) is 2.12. The third-order valence-corrected chi connectivity index (χ3v) is 3.28. The lowest BCUT2D eigenvalue weighted by Gasteiger charge is -2.15. The standard InChI is InChI=1S/C16H11ClF4N2O3.CF4O/c1-16(20,21)26-12-6-5-8(7-9(12)17)22-15(25)23-14(24)13-10(18)3-2-4-11(13)19;2-1(3,4)6-5/h2-7H,1H3,(H2,22,23,24,25);. The van der Waals surface area contributed by atoms with E-state index in [1.54, 1.807) is 5.32 Å². The molecule has 6 nitrogen and oxygen atoms in total. The van der Waals surface area contributed by atoms with Gasteiger partial charge in [-0.3, -0.25) is 10.1 Å². The predicted octanol–water partition coefficient (Wildman–Crippen LogP) is 5.98. The maximum absolute atomic E-state index is 13.5. The molecule has 3 amide bonds. The molecule has 32 heavy (non-hydrogen) atoms. The molecule has 2 N–H and O–H groups in total. The molecule has 0 spiro atoms. The Bertz CT molecular complexity index is 946. The van der Waals surface area contributed by atoms with Gasteiger partial charge in [0.2, 0.25) is 0 Å². The Morgan fingerprint density at radius 1 is 1.00 bits per heavy atom. The van der Waals surface area contributed by atoms with Gasteiger partial charge in [0.05, 0.1) is 5.02 Å². The first-order valence-corrected chi connectivity index (χ1v) is 8.30. The predicted molar refractivity (Wildman–Crippen MR) is 93.8 cm³/mol. The van der Waals surface area contributed by atoms with E-state index in [1.165, 1.54) is 11.0 Å². The van der Waals surface area contributed by atoms with Gasteiger partial charge < -0.3 is 10.1 Å². The molecular formula is C17H11ClF8N2O4. The molecule has 0 aliphatic carbocycles. The lowest BCUT2D eigenvalue weighted by atomic mass is 10.2. The van der Waals surface area contributed by atoms with Gasteiger partial charge in [0.15, 0.2) is 0 Å². The summed E-state index contributed by atoms with van der Waals surface area (Å²) in [5.74, 6) is -3.90. The number of hydrogen-bond acceptors (Lipinski definition) is 4. The normalized spacial score (nSPS) is 11.2. The van der Waals surface area contributed by atoms with Crippen molar-refractivity contribution in [1.29, 1.82) is 0 Å². The topological polar surface area (TPSA) is 76.7 Å². The van der Waals surface area contributed by atoms with Crippen molar-refractivity contribution in [3.8, 4) is 5.75 Å². The molecular weight excluding hydrogens is 484 g/mol. The van der Waals surface area contributed by atoms with Gasteiger partial charge in [-0.05, 0) is 34.9 Å². The first-order chi connectivity index (χ1) is 14.6. The number of halogens is 9. The zero-order valence-corrected chi connectivity index (χ0v) is 16.3. The number of carbonyl (C=O) groups excluding carboxylic acids is 2. The third kappa shape index (κ3) is 9.34. The van der Waals surface area contributed by atoms with Crippen molar-refractivity contribution < 1.29 is 54.5 Å². The highest BCUT2D eigenvalue weighted by atomic mass is 35.5. The number of imide groups is 1. The van der Waals surface area contributed by atoms with Crippen LogP contribution in [0, 0.1) is 11.6 Å². The van der Waals surface area contributed by atoms with Crippen LogP contribution in [0.15, 0.2) is 36.4 Å². The minimum atomic E-state index is -5.12. The second kappa shape index (κ2) is 10.9. The summed E-state index contributed by atoms with van der Waals surface area (Å²) in [6.07, 6.45) is -8.58. The summed E-state index contributed by atoms with van der Waals surface area (Å²) < 4.78 is 97.3. The molecule has 0 bridgehead atoms. The van der Waals surface area contributed by atoms with Crippen LogP contribution in [0.3, 0.4) is 0 Å². The van der Waals surface area contributed by atoms with Crippen LogP contribution in [0.2, 0.25) is 5.02 Å². The average molecular weight is 495 g/mol. The van der Waals surface area contributed by atoms with Gasteiger partial charge in [-0.25, -0.2) is 13.6 Å². The number of ether oxygens (including phenoxy) is 1. The van der Waals surface area contributed by atoms with Crippen molar-refractivity contribution in [2.24, 2.45) is 0 Å². The smallest absolute Gasteiger partial charge is 0.431 e. The zero-order valence-electron chi connectivity index (χ0n) is 15.5. The quantitative estimate of drug-likeness (QED) is 0.513. The van der Waals surface area contributed by atoms with Crippen LogP contribution < -0.4 is 15.4 Å². The van der Waals surface area contributed by atoms with Crippen molar-refractivity contribution in [3.63, 3.8) is 0 Å². The molecule has 2 aromatic carbocycles. The molecule has 0 aromatic heterocycles.